The molecule has 0 bridgehead atoms. The maximum atomic E-state index is 12.2. The highest BCUT2D eigenvalue weighted by molar-refractivity contribution is 6.30. The summed E-state index contributed by atoms with van der Waals surface area (Å²) in [5.74, 6) is 0.221. The van der Waals surface area contributed by atoms with Crippen LogP contribution in [0.3, 0.4) is 0 Å². The van der Waals surface area contributed by atoms with E-state index in [9.17, 15) is 9.59 Å². The molecule has 2 rings (SSSR count). The number of hydrogen-bond donors (Lipinski definition) is 2. The van der Waals surface area contributed by atoms with Gasteiger partial charge in [-0.1, -0.05) is 23.7 Å². The van der Waals surface area contributed by atoms with Gasteiger partial charge in [0.2, 0.25) is 11.8 Å². The molecule has 5 nitrogen and oxygen atoms in total. The van der Waals surface area contributed by atoms with E-state index >= 15 is 0 Å². The average molecular weight is 347 g/mol. The number of carbonyl (C=O) groups is 2. The molecule has 2 aromatic rings. The zero-order chi connectivity index (χ0) is 17.5. The van der Waals surface area contributed by atoms with Crippen molar-refractivity contribution < 1.29 is 14.3 Å². The highest BCUT2D eigenvalue weighted by atomic mass is 35.5. The van der Waals surface area contributed by atoms with Gasteiger partial charge in [0.05, 0.1) is 18.5 Å². The molecule has 0 aromatic heterocycles. The van der Waals surface area contributed by atoms with Crippen LogP contribution < -0.4 is 15.4 Å². The quantitative estimate of drug-likeness (QED) is 0.834. The molecule has 0 atom stereocenters. The van der Waals surface area contributed by atoms with Crippen molar-refractivity contribution in [2.45, 2.75) is 19.8 Å². The molecule has 0 saturated carbocycles. The van der Waals surface area contributed by atoms with Gasteiger partial charge in [0, 0.05) is 24.4 Å². The molecule has 2 amide bonds. The number of hydrogen-bond acceptors (Lipinski definition) is 3. The van der Waals surface area contributed by atoms with E-state index in [1.807, 2.05) is 18.2 Å². The number of anilines is 2. The van der Waals surface area contributed by atoms with Crippen LogP contribution in [0.5, 0.6) is 5.75 Å². The third kappa shape index (κ3) is 5.28. The van der Waals surface area contributed by atoms with E-state index in [0.717, 1.165) is 5.56 Å². The number of amides is 2. The number of aryl methyl sites for hydroxylation is 1. The standard InChI is InChI=1S/C18H19ClN2O3/c1-12(22)20-16-8-7-15(24-2)11-17(16)21-18(23)9-6-13-4-3-5-14(19)10-13/h3-5,7-8,10-11H,6,9H2,1-2H3,(H,20,22)(H,21,23). The molecule has 0 heterocycles. The molecular formula is C18H19ClN2O3. The minimum Gasteiger partial charge on any atom is -0.497 e. The molecule has 6 heteroatoms. The van der Waals surface area contributed by atoms with Crippen molar-refractivity contribution in [2.24, 2.45) is 0 Å². The second-order valence-corrected chi connectivity index (χ2v) is 5.71. The minimum absolute atomic E-state index is 0.158. The first-order chi connectivity index (χ1) is 11.5. The lowest BCUT2D eigenvalue weighted by Gasteiger charge is -2.13. The fourth-order valence-corrected chi connectivity index (χ4v) is 2.43. The average Bonchev–Trinajstić information content (AvgIpc) is 2.54. The first kappa shape index (κ1) is 17.8. The van der Waals surface area contributed by atoms with Crippen LogP contribution in [0.25, 0.3) is 0 Å². The van der Waals surface area contributed by atoms with E-state index in [1.165, 1.54) is 14.0 Å². The van der Waals surface area contributed by atoms with Gasteiger partial charge in [0.25, 0.3) is 0 Å². The van der Waals surface area contributed by atoms with E-state index in [1.54, 1.807) is 24.3 Å². The van der Waals surface area contributed by atoms with E-state index in [0.29, 0.717) is 35.0 Å². The molecule has 0 saturated heterocycles. The molecular weight excluding hydrogens is 328 g/mol. The minimum atomic E-state index is -0.213. The van der Waals surface area contributed by atoms with Gasteiger partial charge in [0.15, 0.2) is 0 Å². The predicted molar refractivity (Wildman–Crippen MR) is 95.7 cm³/mol. The Bertz CT molecular complexity index is 747. The summed E-state index contributed by atoms with van der Waals surface area (Å²) in [5, 5.41) is 6.14. The molecule has 24 heavy (non-hydrogen) atoms. The lowest BCUT2D eigenvalue weighted by atomic mass is 10.1. The number of rotatable bonds is 6. The number of carbonyl (C=O) groups excluding carboxylic acids is 2. The Morgan fingerprint density at radius 3 is 2.54 bits per heavy atom. The van der Waals surface area contributed by atoms with Crippen LogP contribution in [0.2, 0.25) is 5.02 Å². The van der Waals surface area contributed by atoms with Gasteiger partial charge in [-0.15, -0.1) is 0 Å². The molecule has 0 fully saturated rings. The maximum Gasteiger partial charge on any atom is 0.224 e. The van der Waals surface area contributed by atoms with Crippen LogP contribution in [-0.2, 0) is 16.0 Å². The molecule has 126 valence electrons. The summed E-state index contributed by atoms with van der Waals surface area (Å²) in [6.07, 6.45) is 0.878. The largest absolute Gasteiger partial charge is 0.497 e. The van der Waals surface area contributed by atoms with Crippen molar-refractivity contribution in [2.75, 3.05) is 17.7 Å². The second-order valence-electron chi connectivity index (χ2n) is 5.27. The molecule has 2 N–H and O–H groups in total. The Balaban J connectivity index is 2.05. The van der Waals surface area contributed by atoms with Crippen molar-refractivity contribution >= 4 is 34.8 Å². The molecule has 0 unspecified atom stereocenters. The topological polar surface area (TPSA) is 67.4 Å². The van der Waals surface area contributed by atoms with Gasteiger partial charge in [-0.25, -0.2) is 0 Å². The van der Waals surface area contributed by atoms with Crippen LogP contribution >= 0.6 is 11.6 Å². The maximum absolute atomic E-state index is 12.2. The third-order valence-electron chi connectivity index (χ3n) is 3.34. The molecule has 0 radical (unpaired) electrons. The number of ether oxygens (including phenoxy) is 1. The Morgan fingerprint density at radius 2 is 1.88 bits per heavy atom. The lowest BCUT2D eigenvalue weighted by molar-refractivity contribution is -0.116. The van der Waals surface area contributed by atoms with E-state index in [2.05, 4.69) is 10.6 Å². The summed E-state index contributed by atoms with van der Waals surface area (Å²) in [6.45, 7) is 1.41. The molecule has 0 spiro atoms. The van der Waals surface area contributed by atoms with Crippen molar-refractivity contribution in [3.63, 3.8) is 0 Å². The van der Waals surface area contributed by atoms with Crippen LogP contribution in [0.1, 0.15) is 18.9 Å². The Labute approximate surface area is 146 Å². The highest BCUT2D eigenvalue weighted by Gasteiger charge is 2.10. The molecule has 0 aliphatic carbocycles. The SMILES string of the molecule is COc1ccc(NC(C)=O)c(NC(=O)CCc2cccc(Cl)c2)c1. The van der Waals surface area contributed by atoms with Gasteiger partial charge < -0.3 is 15.4 Å². The van der Waals surface area contributed by atoms with Crippen molar-refractivity contribution in [3.8, 4) is 5.75 Å². The van der Waals surface area contributed by atoms with E-state index in [-0.39, 0.29) is 11.8 Å². The second kappa shape index (κ2) is 8.36. The zero-order valence-electron chi connectivity index (χ0n) is 13.6. The van der Waals surface area contributed by atoms with Crippen LogP contribution in [-0.4, -0.2) is 18.9 Å². The Morgan fingerprint density at radius 1 is 1.08 bits per heavy atom. The summed E-state index contributed by atoms with van der Waals surface area (Å²) in [4.78, 5) is 23.5. The number of nitrogens with one attached hydrogen (secondary N) is 2. The number of methoxy groups -OCH3 is 1. The van der Waals surface area contributed by atoms with Gasteiger partial charge in [-0.3, -0.25) is 9.59 Å². The summed E-state index contributed by atoms with van der Waals surface area (Å²) in [5.41, 5.74) is 2.02. The Kier molecular flexibility index (Phi) is 6.21. The molecule has 0 aliphatic heterocycles. The van der Waals surface area contributed by atoms with E-state index < -0.39 is 0 Å². The lowest BCUT2D eigenvalue weighted by Crippen LogP contribution is -2.15. The normalized spacial score (nSPS) is 10.1. The Hall–Kier alpha value is -2.53. The van der Waals surface area contributed by atoms with Crippen molar-refractivity contribution in [1.82, 2.24) is 0 Å². The van der Waals surface area contributed by atoms with E-state index in [4.69, 9.17) is 16.3 Å². The van der Waals surface area contributed by atoms with Gasteiger partial charge in [-0.05, 0) is 36.2 Å². The summed E-state index contributed by atoms with van der Waals surface area (Å²) >= 11 is 5.94. The fourth-order valence-electron chi connectivity index (χ4n) is 2.22. The smallest absolute Gasteiger partial charge is 0.224 e. The van der Waals surface area contributed by atoms with Crippen molar-refractivity contribution in [3.05, 3.63) is 53.1 Å². The summed E-state index contributed by atoms with van der Waals surface area (Å²) in [6, 6.07) is 12.5. The van der Waals surface area contributed by atoms with Gasteiger partial charge in [-0.2, -0.15) is 0 Å². The fraction of sp³-hybridized carbons (Fsp3) is 0.222. The first-order valence-corrected chi connectivity index (χ1v) is 7.85. The summed E-state index contributed by atoms with van der Waals surface area (Å²) < 4.78 is 5.16. The molecule has 0 aliphatic rings. The van der Waals surface area contributed by atoms with Gasteiger partial charge in [0.1, 0.15) is 5.75 Å². The third-order valence-corrected chi connectivity index (χ3v) is 3.58. The monoisotopic (exact) mass is 346 g/mol. The van der Waals surface area contributed by atoms with Gasteiger partial charge >= 0.3 is 0 Å². The number of halogens is 1. The van der Waals surface area contributed by atoms with Crippen molar-refractivity contribution in [1.29, 1.82) is 0 Å². The first-order valence-electron chi connectivity index (χ1n) is 7.48. The number of benzene rings is 2. The van der Waals surface area contributed by atoms with Crippen LogP contribution in [0, 0.1) is 0 Å². The van der Waals surface area contributed by atoms with Crippen LogP contribution in [0.4, 0.5) is 11.4 Å². The van der Waals surface area contributed by atoms with Crippen LogP contribution in [0.15, 0.2) is 42.5 Å². The molecule has 2 aromatic carbocycles. The summed E-state index contributed by atoms with van der Waals surface area (Å²) in [7, 11) is 1.54. The predicted octanol–water partition coefficient (Wildman–Crippen LogP) is 3.88. The highest BCUT2D eigenvalue weighted by Crippen LogP contribution is 2.27. The zero-order valence-corrected chi connectivity index (χ0v) is 14.3.